The van der Waals surface area contributed by atoms with Crippen LogP contribution in [0.3, 0.4) is 0 Å². The molecule has 1 aromatic carbocycles. The highest BCUT2D eigenvalue weighted by molar-refractivity contribution is 7.94. The van der Waals surface area contributed by atoms with Crippen molar-refractivity contribution in [1.82, 2.24) is 0 Å². The lowest BCUT2D eigenvalue weighted by atomic mass is 9.93. The van der Waals surface area contributed by atoms with E-state index >= 15 is 0 Å². The van der Waals surface area contributed by atoms with Gasteiger partial charge in [0, 0.05) is 12.2 Å². The summed E-state index contributed by atoms with van der Waals surface area (Å²) in [6.07, 6.45) is 7.01. The first-order valence-electron chi connectivity index (χ1n) is 5.31. The normalized spacial score (nSPS) is 20.1. The molecule has 0 spiro atoms. The molecule has 2 nitrogen and oxygen atoms in total. The first-order chi connectivity index (χ1) is 7.97. The fourth-order valence-electron chi connectivity index (χ4n) is 1.83. The van der Waals surface area contributed by atoms with E-state index in [1.807, 2.05) is 6.08 Å². The topological polar surface area (TPSA) is 34.1 Å². The van der Waals surface area contributed by atoms with Crippen LogP contribution in [0, 0.1) is 5.82 Å². The van der Waals surface area contributed by atoms with Crippen LogP contribution in [0.1, 0.15) is 17.9 Å². The molecule has 90 valence electrons. The second-order valence-corrected chi connectivity index (χ2v) is 6.15. The number of rotatable bonds is 2. The van der Waals surface area contributed by atoms with E-state index in [4.69, 9.17) is 0 Å². The maximum atomic E-state index is 12.8. The third-order valence-electron chi connectivity index (χ3n) is 2.79. The molecule has 17 heavy (non-hydrogen) atoms. The first kappa shape index (κ1) is 12.0. The van der Waals surface area contributed by atoms with E-state index in [1.165, 1.54) is 18.4 Å². The molecular formula is C13H13FO2S. The van der Waals surface area contributed by atoms with E-state index in [9.17, 15) is 12.8 Å². The molecule has 1 atom stereocenters. The van der Waals surface area contributed by atoms with Gasteiger partial charge in [0.25, 0.3) is 0 Å². The number of hydrogen-bond donors (Lipinski definition) is 0. The van der Waals surface area contributed by atoms with Gasteiger partial charge in [-0.15, -0.1) is 0 Å². The molecule has 0 saturated carbocycles. The molecule has 1 unspecified atom stereocenters. The highest BCUT2D eigenvalue weighted by Gasteiger charge is 2.15. The summed E-state index contributed by atoms with van der Waals surface area (Å²) in [5.41, 5.74) is 0.992. The predicted molar refractivity (Wildman–Crippen MR) is 65.8 cm³/mol. The van der Waals surface area contributed by atoms with Crippen LogP contribution >= 0.6 is 0 Å². The van der Waals surface area contributed by atoms with Crippen molar-refractivity contribution in [3.8, 4) is 0 Å². The van der Waals surface area contributed by atoms with Crippen molar-refractivity contribution >= 4 is 9.84 Å². The maximum Gasteiger partial charge on any atom is 0.175 e. The molecule has 0 fully saturated rings. The van der Waals surface area contributed by atoms with E-state index in [1.54, 1.807) is 24.3 Å². The van der Waals surface area contributed by atoms with E-state index in [-0.39, 0.29) is 11.7 Å². The lowest BCUT2D eigenvalue weighted by Gasteiger charge is -2.15. The minimum Gasteiger partial charge on any atom is -0.224 e. The lowest BCUT2D eigenvalue weighted by Crippen LogP contribution is -2.05. The standard InChI is InChI=1S/C13H13FO2S/c1-17(15,16)13-8-4-11(5-9-13)10-2-6-12(14)7-3-10/h2-4,6-9,11H,5H2,1H3. The zero-order valence-electron chi connectivity index (χ0n) is 9.43. The minimum atomic E-state index is -3.12. The molecule has 0 aromatic heterocycles. The molecule has 2 rings (SSSR count). The molecule has 0 radical (unpaired) electrons. The van der Waals surface area contributed by atoms with Crippen LogP contribution in [0.2, 0.25) is 0 Å². The summed E-state index contributed by atoms with van der Waals surface area (Å²) in [6, 6.07) is 6.28. The maximum absolute atomic E-state index is 12.8. The zero-order chi connectivity index (χ0) is 12.5. The van der Waals surface area contributed by atoms with Crippen molar-refractivity contribution in [1.29, 1.82) is 0 Å². The van der Waals surface area contributed by atoms with Crippen molar-refractivity contribution in [2.24, 2.45) is 0 Å². The average Bonchev–Trinajstić information content (AvgIpc) is 2.29. The molecule has 1 aliphatic carbocycles. The van der Waals surface area contributed by atoms with Gasteiger partial charge in [-0.05, 0) is 30.2 Å². The van der Waals surface area contributed by atoms with E-state index in [0.29, 0.717) is 11.3 Å². The average molecular weight is 252 g/mol. The Morgan fingerprint density at radius 3 is 2.35 bits per heavy atom. The molecule has 4 heteroatoms. The Balaban J connectivity index is 2.18. The van der Waals surface area contributed by atoms with Gasteiger partial charge < -0.3 is 0 Å². The van der Waals surface area contributed by atoms with Crippen LogP contribution in [0.15, 0.2) is 47.4 Å². The molecule has 0 heterocycles. The minimum absolute atomic E-state index is 0.126. The first-order valence-corrected chi connectivity index (χ1v) is 7.20. The Morgan fingerprint density at radius 1 is 1.24 bits per heavy atom. The third-order valence-corrected chi connectivity index (χ3v) is 3.95. The van der Waals surface area contributed by atoms with Gasteiger partial charge in [0.2, 0.25) is 0 Å². The predicted octanol–water partition coefficient (Wildman–Crippen LogP) is 2.80. The number of hydrogen-bond acceptors (Lipinski definition) is 2. The van der Waals surface area contributed by atoms with Crippen LogP contribution in [0.4, 0.5) is 4.39 Å². The van der Waals surface area contributed by atoms with Gasteiger partial charge in [-0.3, -0.25) is 0 Å². The van der Waals surface area contributed by atoms with Crippen molar-refractivity contribution in [2.45, 2.75) is 12.3 Å². The molecular weight excluding hydrogens is 239 g/mol. The molecule has 0 saturated heterocycles. The van der Waals surface area contributed by atoms with Gasteiger partial charge in [-0.25, -0.2) is 12.8 Å². The lowest BCUT2D eigenvalue weighted by molar-refractivity contribution is 0.608. The number of sulfone groups is 1. The van der Waals surface area contributed by atoms with Gasteiger partial charge in [0.1, 0.15) is 5.82 Å². The van der Waals surface area contributed by atoms with Gasteiger partial charge >= 0.3 is 0 Å². The van der Waals surface area contributed by atoms with Gasteiger partial charge in [-0.2, -0.15) is 0 Å². The fraction of sp³-hybridized carbons (Fsp3) is 0.231. The smallest absolute Gasteiger partial charge is 0.175 e. The Labute approximate surface area is 100 Å². The Hall–Kier alpha value is -1.42. The summed E-state index contributed by atoms with van der Waals surface area (Å²) in [5, 5.41) is 0. The van der Waals surface area contributed by atoms with Gasteiger partial charge in [-0.1, -0.05) is 24.3 Å². The summed E-state index contributed by atoms with van der Waals surface area (Å²) >= 11 is 0. The quantitative estimate of drug-likeness (QED) is 0.811. The summed E-state index contributed by atoms with van der Waals surface area (Å²) < 4.78 is 35.4. The summed E-state index contributed by atoms with van der Waals surface area (Å²) in [4.78, 5) is 0.357. The van der Waals surface area contributed by atoms with E-state index in [0.717, 1.165) is 5.56 Å². The molecule has 0 aliphatic heterocycles. The summed E-state index contributed by atoms with van der Waals surface area (Å²) in [5.74, 6) is -0.137. The second kappa shape index (κ2) is 4.45. The number of halogens is 1. The molecule has 1 aromatic rings. The summed E-state index contributed by atoms with van der Waals surface area (Å²) in [7, 11) is -3.12. The Bertz CT molecular complexity index is 568. The molecule has 1 aliphatic rings. The summed E-state index contributed by atoms with van der Waals surface area (Å²) in [6.45, 7) is 0. The highest BCUT2D eigenvalue weighted by Crippen LogP contribution is 2.28. The third kappa shape index (κ3) is 2.82. The second-order valence-electron chi connectivity index (χ2n) is 4.13. The molecule has 0 bridgehead atoms. The van der Waals surface area contributed by atoms with E-state index < -0.39 is 9.84 Å². The monoisotopic (exact) mass is 252 g/mol. The van der Waals surface area contributed by atoms with Gasteiger partial charge in [0.05, 0.1) is 4.91 Å². The van der Waals surface area contributed by atoms with E-state index in [2.05, 4.69) is 0 Å². The van der Waals surface area contributed by atoms with Crippen LogP contribution in [-0.4, -0.2) is 14.7 Å². The molecule has 0 amide bonds. The number of allylic oxidation sites excluding steroid dienone is 3. The largest absolute Gasteiger partial charge is 0.224 e. The zero-order valence-corrected chi connectivity index (χ0v) is 10.2. The van der Waals surface area contributed by atoms with Crippen molar-refractivity contribution in [2.75, 3.05) is 6.26 Å². The Morgan fingerprint density at radius 2 is 1.88 bits per heavy atom. The van der Waals surface area contributed by atoms with Crippen LogP contribution < -0.4 is 0 Å². The van der Waals surface area contributed by atoms with Crippen molar-refractivity contribution in [3.05, 3.63) is 58.8 Å². The number of benzene rings is 1. The molecule has 0 N–H and O–H groups in total. The SMILES string of the molecule is CS(=O)(=O)C1=CCC(c2ccc(F)cc2)C=C1. The van der Waals surface area contributed by atoms with Crippen LogP contribution in [0.5, 0.6) is 0 Å². The van der Waals surface area contributed by atoms with Crippen LogP contribution in [-0.2, 0) is 9.84 Å². The van der Waals surface area contributed by atoms with Crippen molar-refractivity contribution in [3.63, 3.8) is 0 Å². The van der Waals surface area contributed by atoms with Crippen molar-refractivity contribution < 1.29 is 12.8 Å². The Kier molecular flexibility index (Phi) is 3.15. The highest BCUT2D eigenvalue weighted by atomic mass is 32.2. The van der Waals surface area contributed by atoms with Crippen LogP contribution in [0.25, 0.3) is 0 Å². The van der Waals surface area contributed by atoms with Gasteiger partial charge in [0.15, 0.2) is 9.84 Å². The fourth-order valence-corrected chi connectivity index (χ4v) is 2.56.